The molecule has 0 heterocycles. The summed E-state index contributed by atoms with van der Waals surface area (Å²) < 4.78 is 5.45. The summed E-state index contributed by atoms with van der Waals surface area (Å²) in [4.78, 5) is 12.1. The fourth-order valence-corrected chi connectivity index (χ4v) is 6.70. The van der Waals surface area contributed by atoms with E-state index in [4.69, 9.17) is 10.5 Å². The van der Waals surface area contributed by atoms with Crippen LogP contribution in [-0.2, 0) is 9.53 Å². The van der Waals surface area contributed by atoms with Crippen molar-refractivity contribution in [1.29, 1.82) is 0 Å². The Bertz CT molecular complexity index is 551. The van der Waals surface area contributed by atoms with E-state index in [1.54, 1.807) is 0 Å². The van der Waals surface area contributed by atoms with Crippen LogP contribution in [0.15, 0.2) is 0 Å². The van der Waals surface area contributed by atoms with Crippen molar-refractivity contribution in [3.8, 4) is 0 Å². The van der Waals surface area contributed by atoms with Crippen LogP contribution in [-0.4, -0.2) is 12.2 Å². The SMILES string of the molecule is CCCCCCCCCCCCCCCCCCCCCCCC(N)OC(=O)CCCCCCCCCCCCCCCCC. The normalized spacial score (nSPS) is 12.2. The van der Waals surface area contributed by atoms with Crippen LogP contribution in [0.25, 0.3) is 0 Å². The summed E-state index contributed by atoms with van der Waals surface area (Å²) >= 11 is 0. The number of hydrogen-bond acceptors (Lipinski definition) is 3. The van der Waals surface area contributed by atoms with Gasteiger partial charge in [0.25, 0.3) is 0 Å². The molecule has 3 nitrogen and oxygen atoms in total. The fourth-order valence-electron chi connectivity index (χ4n) is 6.70. The third kappa shape index (κ3) is 39.5. The largest absolute Gasteiger partial charge is 0.447 e. The molecule has 1 atom stereocenters. The molecule has 0 aromatic rings. The molecule has 0 aliphatic carbocycles. The third-order valence-corrected chi connectivity index (χ3v) is 9.86. The van der Waals surface area contributed by atoms with Gasteiger partial charge in [-0.25, -0.2) is 0 Å². The van der Waals surface area contributed by atoms with E-state index in [-0.39, 0.29) is 5.97 Å². The van der Waals surface area contributed by atoms with Gasteiger partial charge < -0.3 is 4.74 Å². The van der Waals surface area contributed by atoms with Gasteiger partial charge in [-0.2, -0.15) is 0 Å². The molecule has 45 heavy (non-hydrogen) atoms. The fraction of sp³-hybridized carbons (Fsp3) is 0.976. The first-order valence-corrected chi connectivity index (χ1v) is 21.2. The topological polar surface area (TPSA) is 52.3 Å². The van der Waals surface area contributed by atoms with E-state index < -0.39 is 6.23 Å². The van der Waals surface area contributed by atoms with Crippen LogP contribution >= 0.6 is 0 Å². The van der Waals surface area contributed by atoms with E-state index in [9.17, 15) is 4.79 Å². The zero-order valence-electron chi connectivity index (χ0n) is 31.3. The minimum Gasteiger partial charge on any atom is -0.447 e. The first-order valence-electron chi connectivity index (χ1n) is 21.2. The number of unbranched alkanes of at least 4 members (excludes halogenated alkanes) is 34. The number of ether oxygens (including phenoxy) is 1. The Morgan fingerprint density at radius 3 is 0.867 bits per heavy atom. The Morgan fingerprint density at radius 2 is 0.600 bits per heavy atom. The highest BCUT2D eigenvalue weighted by molar-refractivity contribution is 5.69. The van der Waals surface area contributed by atoms with Gasteiger partial charge in [0, 0.05) is 6.42 Å². The predicted octanol–water partition coefficient (Wildman–Crippen LogP) is 14.7. The summed E-state index contributed by atoms with van der Waals surface area (Å²) in [6.07, 6.45) is 50.4. The summed E-state index contributed by atoms with van der Waals surface area (Å²) in [5.41, 5.74) is 6.07. The Balaban J connectivity index is 3.24. The molecule has 270 valence electrons. The number of esters is 1. The number of hydrogen-bond donors (Lipinski definition) is 1. The molecule has 0 amide bonds. The Labute approximate surface area is 284 Å². The molecule has 0 aliphatic rings. The molecule has 0 aliphatic heterocycles. The van der Waals surface area contributed by atoms with Gasteiger partial charge in [-0.05, 0) is 19.3 Å². The van der Waals surface area contributed by atoms with Gasteiger partial charge in [-0.15, -0.1) is 0 Å². The van der Waals surface area contributed by atoms with Gasteiger partial charge in [0.1, 0.15) is 0 Å². The first-order chi connectivity index (χ1) is 22.2. The number of rotatable bonds is 39. The first kappa shape index (κ1) is 44.4. The van der Waals surface area contributed by atoms with E-state index in [0.717, 1.165) is 25.7 Å². The lowest BCUT2D eigenvalue weighted by atomic mass is 10.0. The molecule has 0 aromatic carbocycles. The summed E-state index contributed by atoms with van der Waals surface area (Å²) in [7, 11) is 0. The lowest BCUT2D eigenvalue weighted by molar-refractivity contribution is -0.149. The quantitative estimate of drug-likeness (QED) is 0.0415. The number of carbonyl (C=O) groups is 1. The van der Waals surface area contributed by atoms with Gasteiger partial charge in [0.2, 0.25) is 0 Å². The molecule has 0 fully saturated rings. The average Bonchev–Trinajstić information content (AvgIpc) is 3.03. The van der Waals surface area contributed by atoms with E-state index in [2.05, 4.69) is 13.8 Å². The lowest BCUT2D eigenvalue weighted by Crippen LogP contribution is -2.26. The van der Waals surface area contributed by atoms with Crippen molar-refractivity contribution in [2.75, 3.05) is 0 Å². The molecule has 0 rings (SSSR count). The molecular formula is C42H85NO2. The zero-order valence-corrected chi connectivity index (χ0v) is 31.3. The van der Waals surface area contributed by atoms with Crippen LogP contribution in [0.5, 0.6) is 0 Å². The van der Waals surface area contributed by atoms with Crippen molar-refractivity contribution in [3.63, 3.8) is 0 Å². The second kappa shape index (κ2) is 39.6. The highest BCUT2D eigenvalue weighted by Gasteiger charge is 2.09. The monoisotopic (exact) mass is 636 g/mol. The third-order valence-electron chi connectivity index (χ3n) is 9.86. The van der Waals surface area contributed by atoms with E-state index in [0.29, 0.717) is 6.42 Å². The van der Waals surface area contributed by atoms with Crippen molar-refractivity contribution in [2.45, 2.75) is 264 Å². The number of carbonyl (C=O) groups excluding carboxylic acids is 1. The van der Waals surface area contributed by atoms with Crippen LogP contribution in [0.4, 0.5) is 0 Å². The van der Waals surface area contributed by atoms with Crippen molar-refractivity contribution < 1.29 is 9.53 Å². The van der Waals surface area contributed by atoms with Gasteiger partial charge in [-0.3, -0.25) is 10.5 Å². The molecule has 0 saturated carbocycles. The van der Waals surface area contributed by atoms with Gasteiger partial charge in [0.05, 0.1) is 0 Å². The van der Waals surface area contributed by atoms with Crippen LogP contribution < -0.4 is 5.73 Å². The predicted molar refractivity (Wildman–Crippen MR) is 201 cm³/mol. The second-order valence-corrected chi connectivity index (χ2v) is 14.6. The molecule has 2 N–H and O–H groups in total. The smallest absolute Gasteiger partial charge is 0.307 e. The Hall–Kier alpha value is -0.570. The van der Waals surface area contributed by atoms with Gasteiger partial charge >= 0.3 is 5.97 Å². The molecule has 0 spiro atoms. The van der Waals surface area contributed by atoms with Crippen molar-refractivity contribution in [1.82, 2.24) is 0 Å². The van der Waals surface area contributed by atoms with Crippen molar-refractivity contribution in [2.24, 2.45) is 5.73 Å². The molecule has 0 bridgehead atoms. The second-order valence-electron chi connectivity index (χ2n) is 14.6. The molecule has 1 unspecified atom stereocenters. The molecular weight excluding hydrogens is 550 g/mol. The van der Waals surface area contributed by atoms with E-state index in [1.165, 1.54) is 212 Å². The lowest BCUT2D eigenvalue weighted by Gasteiger charge is -2.13. The summed E-state index contributed by atoms with van der Waals surface area (Å²) in [5.74, 6) is -0.0966. The minimum atomic E-state index is -0.408. The summed E-state index contributed by atoms with van der Waals surface area (Å²) in [6, 6.07) is 0. The maximum Gasteiger partial charge on any atom is 0.307 e. The van der Waals surface area contributed by atoms with E-state index in [1.807, 2.05) is 0 Å². The molecule has 0 radical (unpaired) electrons. The van der Waals surface area contributed by atoms with Crippen LogP contribution in [0.1, 0.15) is 258 Å². The van der Waals surface area contributed by atoms with Gasteiger partial charge in [0.15, 0.2) is 6.23 Å². The maximum atomic E-state index is 12.1. The molecule has 3 heteroatoms. The van der Waals surface area contributed by atoms with Crippen molar-refractivity contribution in [3.05, 3.63) is 0 Å². The molecule has 0 aromatic heterocycles. The highest BCUT2D eigenvalue weighted by Crippen LogP contribution is 2.17. The summed E-state index contributed by atoms with van der Waals surface area (Å²) in [6.45, 7) is 4.58. The van der Waals surface area contributed by atoms with Crippen LogP contribution in [0.3, 0.4) is 0 Å². The zero-order chi connectivity index (χ0) is 32.7. The standard InChI is InChI=1S/C42H85NO2/c1-3-5-7-9-11-13-15-17-19-20-21-22-23-24-26-27-29-31-33-35-37-39-41(43)45-42(44)40-38-36-34-32-30-28-25-18-16-14-12-10-8-6-4-2/h41H,3-40,43H2,1-2H3. The number of nitrogens with two attached hydrogens (primary N) is 1. The van der Waals surface area contributed by atoms with Gasteiger partial charge in [-0.1, -0.05) is 232 Å². The molecule has 0 saturated heterocycles. The minimum absolute atomic E-state index is 0.0966. The van der Waals surface area contributed by atoms with Crippen molar-refractivity contribution >= 4 is 5.97 Å². The van der Waals surface area contributed by atoms with Crippen LogP contribution in [0.2, 0.25) is 0 Å². The van der Waals surface area contributed by atoms with E-state index >= 15 is 0 Å². The highest BCUT2D eigenvalue weighted by atomic mass is 16.6. The maximum absolute atomic E-state index is 12.1. The average molecular weight is 636 g/mol. The Kier molecular flexibility index (Phi) is 39.1. The summed E-state index contributed by atoms with van der Waals surface area (Å²) in [5, 5.41) is 0. The van der Waals surface area contributed by atoms with Crippen LogP contribution in [0, 0.1) is 0 Å². The Morgan fingerprint density at radius 1 is 0.378 bits per heavy atom.